The van der Waals surface area contributed by atoms with E-state index in [1.807, 2.05) is 32.0 Å². The van der Waals surface area contributed by atoms with E-state index in [2.05, 4.69) is 40.3 Å². The Kier molecular flexibility index (Phi) is 11.4. The number of benzene rings is 1. The van der Waals surface area contributed by atoms with Gasteiger partial charge in [-0.15, -0.1) is 0 Å². The number of nitrogens with zero attached hydrogens (tertiary/aromatic N) is 6. The van der Waals surface area contributed by atoms with Crippen LogP contribution in [0.15, 0.2) is 36.8 Å². The highest BCUT2D eigenvalue weighted by molar-refractivity contribution is 6.05. The molecule has 292 valence electrons. The molecule has 0 aliphatic carbocycles. The molecule has 1 aromatic carbocycles. The summed E-state index contributed by atoms with van der Waals surface area (Å²) in [6.07, 6.45) is 3.05. The van der Waals surface area contributed by atoms with Crippen molar-refractivity contribution in [2.24, 2.45) is 11.8 Å². The van der Waals surface area contributed by atoms with E-state index in [0.717, 1.165) is 17.5 Å². The lowest BCUT2D eigenvalue weighted by molar-refractivity contribution is -0.136. The number of carbonyl (C=O) groups is 5. The van der Waals surface area contributed by atoms with Crippen molar-refractivity contribution in [3.8, 4) is 11.1 Å². The van der Waals surface area contributed by atoms with Crippen molar-refractivity contribution in [3.05, 3.63) is 60.0 Å². The summed E-state index contributed by atoms with van der Waals surface area (Å²) in [4.78, 5) is 91.3. The number of halogens is 1. The van der Waals surface area contributed by atoms with Crippen molar-refractivity contribution in [1.82, 2.24) is 50.3 Å². The number of likely N-dealkylation sites (tertiary alicyclic amines) is 2. The summed E-state index contributed by atoms with van der Waals surface area (Å²) in [6.45, 7) is 7.58. The second-order valence-electron chi connectivity index (χ2n) is 14.4. The number of hydrogen-bond donors (Lipinski definition) is 4. The molecule has 2 aliphatic heterocycles. The number of ketones is 1. The Hall–Kier alpha value is -5.94. The Bertz CT molecular complexity index is 2070. The molecule has 4 N–H and O–H groups in total. The summed E-state index contributed by atoms with van der Waals surface area (Å²) in [5, 5.41) is 5.18. The van der Waals surface area contributed by atoms with Gasteiger partial charge in [-0.2, -0.15) is 0 Å². The molecule has 5 heterocycles. The van der Waals surface area contributed by atoms with Gasteiger partial charge in [0, 0.05) is 30.9 Å². The Labute approximate surface area is 316 Å². The van der Waals surface area contributed by atoms with Crippen molar-refractivity contribution in [3.63, 3.8) is 0 Å². The molecule has 18 heteroatoms. The van der Waals surface area contributed by atoms with Crippen LogP contribution in [0.25, 0.3) is 22.2 Å². The molecule has 0 radical (unpaired) electrons. The summed E-state index contributed by atoms with van der Waals surface area (Å²) in [5.74, 6) is -0.921. The third-order valence-corrected chi connectivity index (χ3v) is 10.0. The number of ether oxygens (including phenoxy) is 2. The van der Waals surface area contributed by atoms with Crippen LogP contribution in [0.1, 0.15) is 87.0 Å². The summed E-state index contributed by atoms with van der Waals surface area (Å²) < 4.78 is 24.1. The highest BCUT2D eigenvalue weighted by atomic mass is 19.1. The van der Waals surface area contributed by atoms with Gasteiger partial charge < -0.3 is 39.9 Å². The van der Waals surface area contributed by atoms with Crippen LogP contribution in [-0.2, 0) is 19.1 Å². The Morgan fingerprint density at radius 3 is 2.07 bits per heavy atom. The number of alkyl carbamates (subject to hydrolysis) is 2. The van der Waals surface area contributed by atoms with Crippen LogP contribution >= 0.6 is 0 Å². The zero-order valence-corrected chi connectivity index (χ0v) is 31.5. The maximum atomic E-state index is 14.7. The van der Waals surface area contributed by atoms with Crippen molar-refractivity contribution >= 4 is 40.8 Å². The number of nitrogens with one attached hydrogen (secondary N) is 4. The molecule has 2 fully saturated rings. The smallest absolute Gasteiger partial charge is 0.407 e. The van der Waals surface area contributed by atoms with Crippen LogP contribution in [0.5, 0.6) is 0 Å². The van der Waals surface area contributed by atoms with Gasteiger partial charge in [-0.05, 0) is 42.4 Å². The molecule has 3 aromatic heterocycles. The van der Waals surface area contributed by atoms with E-state index in [-0.39, 0.29) is 54.1 Å². The number of imidazole rings is 2. The molecule has 2 saturated heterocycles. The lowest BCUT2D eigenvalue weighted by Gasteiger charge is -2.29. The molecular formula is C37H45FN10O7. The average Bonchev–Trinajstić information content (AvgIpc) is 4.00. The molecule has 0 saturated carbocycles. The number of aromatic nitrogens is 6. The van der Waals surface area contributed by atoms with Crippen LogP contribution in [0, 0.1) is 11.8 Å². The van der Waals surface area contributed by atoms with Gasteiger partial charge in [-0.25, -0.2) is 33.9 Å². The van der Waals surface area contributed by atoms with Gasteiger partial charge in [0.15, 0.2) is 0 Å². The SMILES string of the molecule is COC(=O)NC(C(=O)N1CC(F)CC1c1ncc(C(=O)c2ncc(-c3ccc4nc(C5CCCN5C(=O)C(NC(=O)OC)C(C)C)[nH]c4c3)cn2)[nH]1)C(C)C. The zero-order chi connectivity index (χ0) is 39.6. The topological polar surface area (TPSA) is 217 Å². The standard InChI is InChI=1S/C37H45FN10O7/c1-18(2)28(45-36(52)54-5)34(50)47-11-7-8-26(47)32-42-23-10-9-20(12-24(23)43-32)21-14-39-33(40-15-21)30(49)25-16-41-31(44-25)27-13-22(38)17-48(27)35(51)29(19(3)4)46-37(53)55-6/h9-10,12,14-16,18-19,22,26-29H,7-8,11,13,17H2,1-6H3,(H,41,44)(H,42,43)(H,45,52)(H,46,53). The van der Waals surface area contributed by atoms with Crippen LogP contribution in [0.3, 0.4) is 0 Å². The number of alkyl halides is 1. The first-order valence-electron chi connectivity index (χ1n) is 18.1. The number of fused-ring (bicyclic) bond motifs is 1. The second-order valence-corrected chi connectivity index (χ2v) is 14.4. The van der Waals surface area contributed by atoms with Crippen LogP contribution in [0.2, 0.25) is 0 Å². The third kappa shape index (κ3) is 8.12. The van der Waals surface area contributed by atoms with E-state index in [1.165, 1.54) is 37.7 Å². The Balaban J connectivity index is 1.15. The first-order valence-corrected chi connectivity index (χ1v) is 18.1. The molecule has 4 aromatic rings. The largest absolute Gasteiger partial charge is 0.453 e. The normalized spacial score (nSPS) is 19.5. The number of amides is 4. The van der Waals surface area contributed by atoms with Gasteiger partial charge in [0.25, 0.3) is 0 Å². The minimum absolute atomic E-state index is 0.0343. The monoisotopic (exact) mass is 760 g/mol. The third-order valence-electron chi connectivity index (χ3n) is 10.0. The van der Waals surface area contributed by atoms with E-state index < -0.39 is 48.2 Å². The minimum atomic E-state index is -1.33. The van der Waals surface area contributed by atoms with Gasteiger partial charge in [0.2, 0.25) is 23.4 Å². The highest BCUT2D eigenvalue weighted by Gasteiger charge is 2.42. The van der Waals surface area contributed by atoms with E-state index in [9.17, 15) is 28.4 Å². The number of carbonyl (C=O) groups excluding carboxylic acids is 5. The fraction of sp³-hybridized carbons (Fsp3) is 0.486. The quantitative estimate of drug-likeness (QED) is 0.160. The minimum Gasteiger partial charge on any atom is -0.453 e. The lowest BCUT2D eigenvalue weighted by atomic mass is 10.0. The second kappa shape index (κ2) is 16.2. The van der Waals surface area contributed by atoms with Gasteiger partial charge in [0.1, 0.15) is 35.6 Å². The number of H-pyrrole nitrogens is 2. The Morgan fingerprint density at radius 1 is 0.818 bits per heavy atom. The summed E-state index contributed by atoms with van der Waals surface area (Å²) in [7, 11) is 2.45. The molecule has 0 spiro atoms. The van der Waals surface area contributed by atoms with E-state index in [4.69, 9.17) is 9.72 Å². The predicted octanol–water partition coefficient (Wildman–Crippen LogP) is 4.01. The van der Waals surface area contributed by atoms with Gasteiger partial charge >= 0.3 is 12.2 Å². The number of methoxy groups -OCH3 is 2. The lowest BCUT2D eigenvalue weighted by Crippen LogP contribution is -2.51. The molecule has 5 atom stereocenters. The summed E-state index contributed by atoms with van der Waals surface area (Å²) >= 11 is 0. The molecule has 4 amide bonds. The number of hydrogen-bond acceptors (Lipinski definition) is 11. The maximum Gasteiger partial charge on any atom is 0.407 e. The average molecular weight is 761 g/mol. The highest BCUT2D eigenvalue weighted by Crippen LogP contribution is 2.35. The van der Waals surface area contributed by atoms with E-state index >= 15 is 0 Å². The molecule has 0 bridgehead atoms. The summed E-state index contributed by atoms with van der Waals surface area (Å²) in [5.41, 5.74) is 2.91. The first-order chi connectivity index (χ1) is 26.3. The van der Waals surface area contributed by atoms with E-state index in [0.29, 0.717) is 29.9 Å². The van der Waals surface area contributed by atoms with Gasteiger partial charge in [-0.3, -0.25) is 14.4 Å². The number of aromatic amines is 2. The van der Waals surface area contributed by atoms with Crippen molar-refractivity contribution in [2.45, 2.75) is 77.3 Å². The van der Waals surface area contributed by atoms with Crippen LogP contribution in [0.4, 0.5) is 14.0 Å². The predicted molar refractivity (Wildman–Crippen MR) is 195 cm³/mol. The molecule has 5 unspecified atom stereocenters. The first kappa shape index (κ1) is 38.8. The fourth-order valence-electron chi connectivity index (χ4n) is 7.06. The van der Waals surface area contributed by atoms with Crippen molar-refractivity contribution in [1.29, 1.82) is 0 Å². The maximum absolute atomic E-state index is 14.7. The van der Waals surface area contributed by atoms with Crippen molar-refractivity contribution in [2.75, 3.05) is 27.3 Å². The molecule has 2 aliphatic rings. The zero-order valence-electron chi connectivity index (χ0n) is 31.5. The van der Waals surface area contributed by atoms with Crippen LogP contribution in [-0.4, -0.2) is 115 Å². The van der Waals surface area contributed by atoms with Gasteiger partial charge in [-0.1, -0.05) is 33.8 Å². The molecular weight excluding hydrogens is 715 g/mol. The van der Waals surface area contributed by atoms with Crippen LogP contribution < -0.4 is 10.6 Å². The molecule has 17 nitrogen and oxygen atoms in total. The van der Waals surface area contributed by atoms with Gasteiger partial charge in [0.05, 0.1) is 50.1 Å². The van der Waals surface area contributed by atoms with Crippen molar-refractivity contribution < 1.29 is 37.8 Å². The number of rotatable bonds is 11. The molecule has 6 rings (SSSR count). The van der Waals surface area contributed by atoms with E-state index in [1.54, 1.807) is 18.7 Å². The Morgan fingerprint density at radius 2 is 1.45 bits per heavy atom. The fourth-order valence-corrected chi connectivity index (χ4v) is 7.06. The molecule has 55 heavy (non-hydrogen) atoms. The summed E-state index contributed by atoms with van der Waals surface area (Å²) in [6, 6.07) is 2.82.